The summed E-state index contributed by atoms with van der Waals surface area (Å²) in [5, 5.41) is 0.450. The Morgan fingerprint density at radius 3 is 2.67 bits per heavy atom. The van der Waals surface area contributed by atoms with Crippen molar-refractivity contribution in [3.8, 4) is 0 Å². The van der Waals surface area contributed by atoms with E-state index >= 15 is 0 Å². The second-order valence-corrected chi connectivity index (χ2v) is 3.87. The molecule has 0 heterocycles. The zero-order valence-corrected chi connectivity index (χ0v) is 10.2. The Balaban J connectivity index is 2.05. The fraction of sp³-hybridized carbons (Fsp3) is 0.417. The number of Topliss-reactive ketones (excluding diaryl/α,β-unsaturated/α-hetero) is 1. The maximum absolute atomic E-state index is 10.9. The number of benzene rings is 1. The van der Waals surface area contributed by atoms with E-state index in [-0.39, 0.29) is 5.78 Å². The van der Waals surface area contributed by atoms with Gasteiger partial charge in [0.1, 0.15) is 5.78 Å². The molecule has 0 radical (unpaired) electrons. The summed E-state index contributed by atoms with van der Waals surface area (Å²) in [4.78, 5) is 10.9. The summed E-state index contributed by atoms with van der Waals surface area (Å²) in [6.07, 6.45) is 1.40. The van der Waals surface area contributed by atoms with Crippen LogP contribution in [0.3, 0.4) is 0 Å². The van der Waals surface area contributed by atoms with Gasteiger partial charge >= 0.3 is 0 Å². The molecule has 0 saturated heterocycles. The van der Waals surface area contributed by atoms with E-state index in [1.807, 2.05) is 30.3 Å². The van der Waals surface area contributed by atoms with Crippen LogP contribution in [-0.4, -0.2) is 17.7 Å². The van der Waals surface area contributed by atoms with Gasteiger partial charge in [0.25, 0.3) is 0 Å². The topological polar surface area (TPSA) is 26.3 Å². The van der Waals surface area contributed by atoms with Crippen molar-refractivity contribution in [3.63, 3.8) is 0 Å². The molecule has 0 N–H and O–H groups in total. The number of hydrogen-bond donors (Lipinski definition) is 0. The summed E-state index contributed by atoms with van der Waals surface area (Å²) in [7, 11) is 0. The molecule has 0 fully saturated rings. The van der Waals surface area contributed by atoms with E-state index in [9.17, 15) is 4.79 Å². The standard InChI is InChI=1S/C12H15BrO2/c13-9-12(14)7-4-8-15-10-11-5-2-1-3-6-11/h1-3,5-6H,4,7-10H2. The lowest BCUT2D eigenvalue weighted by Gasteiger charge is -2.03. The van der Waals surface area contributed by atoms with E-state index in [0.717, 1.165) is 6.42 Å². The molecule has 2 nitrogen and oxygen atoms in total. The van der Waals surface area contributed by atoms with Gasteiger partial charge in [0.15, 0.2) is 0 Å². The minimum Gasteiger partial charge on any atom is -0.377 e. The molecule has 0 aliphatic rings. The molecule has 1 rings (SSSR count). The second kappa shape index (κ2) is 7.60. The van der Waals surface area contributed by atoms with Crippen molar-refractivity contribution in [2.45, 2.75) is 19.4 Å². The van der Waals surface area contributed by atoms with Crippen molar-refractivity contribution in [3.05, 3.63) is 35.9 Å². The first-order chi connectivity index (χ1) is 7.33. The number of hydrogen-bond acceptors (Lipinski definition) is 2. The highest BCUT2D eigenvalue weighted by molar-refractivity contribution is 9.09. The summed E-state index contributed by atoms with van der Waals surface area (Å²) < 4.78 is 5.45. The molecule has 0 amide bonds. The molecule has 15 heavy (non-hydrogen) atoms. The quantitative estimate of drug-likeness (QED) is 0.563. The van der Waals surface area contributed by atoms with E-state index in [1.54, 1.807) is 0 Å². The average molecular weight is 271 g/mol. The van der Waals surface area contributed by atoms with Gasteiger partial charge in [-0.3, -0.25) is 4.79 Å². The molecule has 0 spiro atoms. The first-order valence-corrected chi connectivity index (χ1v) is 6.14. The zero-order chi connectivity index (χ0) is 10.9. The van der Waals surface area contributed by atoms with Crippen molar-refractivity contribution in [1.82, 2.24) is 0 Å². The number of ketones is 1. The monoisotopic (exact) mass is 270 g/mol. The third-order valence-electron chi connectivity index (χ3n) is 2.00. The first kappa shape index (κ1) is 12.4. The zero-order valence-electron chi connectivity index (χ0n) is 8.62. The third-order valence-corrected chi connectivity index (χ3v) is 2.63. The highest BCUT2D eigenvalue weighted by Gasteiger charge is 1.98. The van der Waals surface area contributed by atoms with Crippen LogP contribution in [-0.2, 0) is 16.1 Å². The van der Waals surface area contributed by atoms with Crippen LogP contribution in [0.1, 0.15) is 18.4 Å². The molecule has 0 atom stereocenters. The van der Waals surface area contributed by atoms with Gasteiger partial charge in [0, 0.05) is 13.0 Å². The number of alkyl halides is 1. The van der Waals surface area contributed by atoms with Crippen molar-refractivity contribution >= 4 is 21.7 Å². The molecule has 0 unspecified atom stereocenters. The van der Waals surface area contributed by atoms with E-state index in [1.165, 1.54) is 5.56 Å². The van der Waals surface area contributed by atoms with Crippen molar-refractivity contribution in [2.75, 3.05) is 11.9 Å². The van der Waals surface area contributed by atoms with Gasteiger partial charge in [0.2, 0.25) is 0 Å². The van der Waals surface area contributed by atoms with Crippen LogP contribution in [0.15, 0.2) is 30.3 Å². The lowest BCUT2D eigenvalue weighted by Crippen LogP contribution is -2.02. The summed E-state index contributed by atoms with van der Waals surface area (Å²) in [6, 6.07) is 10.0. The van der Waals surface area contributed by atoms with Crippen LogP contribution in [0, 0.1) is 0 Å². The number of carbonyl (C=O) groups is 1. The molecule has 82 valence electrons. The predicted molar refractivity (Wildman–Crippen MR) is 64.1 cm³/mol. The summed E-state index contributed by atoms with van der Waals surface area (Å²) in [5.74, 6) is 0.235. The van der Waals surface area contributed by atoms with Crippen molar-refractivity contribution < 1.29 is 9.53 Å². The number of halogens is 1. The fourth-order valence-electron chi connectivity index (χ4n) is 1.20. The Labute approximate surface area is 98.8 Å². The van der Waals surface area contributed by atoms with E-state index in [0.29, 0.717) is 25.0 Å². The van der Waals surface area contributed by atoms with Crippen LogP contribution in [0.2, 0.25) is 0 Å². The van der Waals surface area contributed by atoms with Crippen LogP contribution in [0.5, 0.6) is 0 Å². The van der Waals surface area contributed by atoms with Gasteiger partial charge in [-0.25, -0.2) is 0 Å². The normalized spacial score (nSPS) is 10.2. The fourth-order valence-corrected chi connectivity index (χ4v) is 1.48. The van der Waals surface area contributed by atoms with Crippen LogP contribution >= 0.6 is 15.9 Å². The summed E-state index contributed by atoms with van der Waals surface area (Å²) in [6.45, 7) is 1.27. The first-order valence-electron chi connectivity index (χ1n) is 5.02. The Hall–Kier alpha value is -0.670. The van der Waals surface area contributed by atoms with Crippen molar-refractivity contribution in [2.24, 2.45) is 0 Å². The summed E-state index contributed by atoms with van der Waals surface area (Å²) in [5.41, 5.74) is 1.17. The lowest BCUT2D eigenvalue weighted by atomic mass is 10.2. The maximum Gasteiger partial charge on any atom is 0.143 e. The predicted octanol–water partition coefficient (Wildman–Crippen LogP) is 2.95. The second-order valence-electron chi connectivity index (χ2n) is 3.31. The maximum atomic E-state index is 10.9. The SMILES string of the molecule is O=C(CBr)CCCOCc1ccccc1. The number of rotatable bonds is 7. The van der Waals surface area contributed by atoms with Gasteiger partial charge in [0.05, 0.1) is 11.9 Å². The Morgan fingerprint density at radius 2 is 2.00 bits per heavy atom. The molecular weight excluding hydrogens is 256 g/mol. The molecule has 0 aromatic heterocycles. The van der Waals surface area contributed by atoms with E-state index < -0.39 is 0 Å². The molecule has 0 bridgehead atoms. The molecule has 1 aromatic rings. The molecule has 1 aromatic carbocycles. The molecule has 0 saturated carbocycles. The Bertz CT molecular complexity index is 285. The van der Waals surface area contributed by atoms with Gasteiger partial charge < -0.3 is 4.74 Å². The molecular formula is C12H15BrO2. The molecule has 0 aliphatic carbocycles. The largest absolute Gasteiger partial charge is 0.377 e. The lowest BCUT2D eigenvalue weighted by molar-refractivity contribution is -0.116. The van der Waals surface area contributed by atoms with Gasteiger partial charge in [-0.15, -0.1) is 0 Å². The number of ether oxygens (including phenoxy) is 1. The smallest absolute Gasteiger partial charge is 0.143 e. The van der Waals surface area contributed by atoms with Crippen LogP contribution in [0.25, 0.3) is 0 Å². The minimum atomic E-state index is 0.235. The third kappa shape index (κ3) is 5.70. The molecule has 3 heteroatoms. The van der Waals surface area contributed by atoms with Gasteiger partial charge in [-0.05, 0) is 12.0 Å². The summed E-state index contributed by atoms with van der Waals surface area (Å²) >= 11 is 3.13. The van der Waals surface area contributed by atoms with Crippen molar-refractivity contribution in [1.29, 1.82) is 0 Å². The van der Waals surface area contributed by atoms with Gasteiger partial charge in [-0.2, -0.15) is 0 Å². The highest BCUT2D eigenvalue weighted by Crippen LogP contribution is 2.02. The van der Waals surface area contributed by atoms with Crippen LogP contribution in [0.4, 0.5) is 0 Å². The Kier molecular flexibility index (Phi) is 6.28. The van der Waals surface area contributed by atoms with Gasteiger partial charge in [-0.1, -0.05) is 46.3 Å². The van der Waals surface area contributed by atoms with E-state index in [4.69, 9.17) is 4.74 Å². The van der Waals surface area contributed by atoms with Crippen LogP contribution < -0.4 is 0 Å². The Morgan fingerprint density at radius 1 is 1.27 bits per heavy atom. The minimum absolute atomic E-state index is 0.235. The number of carbonyl (C=O) groups excluding carboxylic acids is 1. The molecule has 0 aliphatic heterocycles. The van der Waals surface area contributed by atoms with E-state index in [2.05, 4.69) is 15.9 Å². The average Bonchev–Trinajstić information content (AvgIpc) is 2.29. The highest BCUT2D eigenvalue weighted by atomic mass is 79.9.